The lowest BCUT2D eigenvalue weighted by molar-refractivity contribution is 0.404. The molecule has 1 atom stereocenters. The zero-order chi connectivity index (χ0) is 14.5. The fourth-order valence-electron chi connectivity index (χ4n) is 2.38. The van der Waals surface area contributed by atoms with Gasteiger partial charge in [0.2, 0.25) is 0 Å². The van der Waals surface area contributed by atoms with E-state index < -0.39 is 0 Å². The number of methoxy groups -OCH3 is 1. The van der Waals surface area contributed by atoms with Crippen LogP contribution >= 0.6 is 22.6 Å². The van der Waals surface area contributed by atoms with E-state index in [0.717, 1.165) is 12.3 Å². The zero-order valence-corrected chi connectivity index (χ0v) is 14.3. The molecule has 0 saturated heterocycles. The minimum atomic E-state index is 0.157. The number of ether oxygens (including phenoxy) is 1. The summed E-state index contributed by atoms with van der Waals surface area (Å²) in [6, 6.07) is 15.1. The highest BCUT2D eigenvalue weighted by atomic mass is 127. The van der Waals surface area contributed by atoms with Crippen LogP contribution in [0.5, 0.6) is 5.75 Å². The summed E-state index contributed by atoms with van der Waals surface area (Å²) in [7, 11) is 1.73. The van der Waals surface area contributed by atoms with E-state index in [1.54, 1.807) is 7.11 Å². The van der Waals surface area contributed by atoms with Crippen molar-refractivity contribution >= 4 is 22.6 Å². The highest BCUT2D eigenvalue weighted by molar-refractivity contribution is 14.1. The number of benzene rings is 2. The molecule has 0 radical (unpaired) electrons. The molecule has 20 heavy (non-hydrogen) atoms. The van der Waals surface area contributed by atoms with Crippen molar-refractivity contribution < 1.29 is 4.74 Å². The molecule has 2 rings (SSSR count). The summed E-state index contributed by atoms with van der Waals surface area (Å²) in [4.78, 5) is 0. The molecule has 2 aromatic carbocycles. The maximum absolute atomic E-state index is 5.54. The van der Waals surface area contributed by atoms with Crippen molar-refractivity contribution in [2.45, 2.75) is 19.9 Å². The van der Waals surface area contributed by atoms with Gasteiger partial charge in [0, 0.05) is 9.13 Å². The Balaban J connectivity index is 2.50. The lowest BCUT2D eigenvalue weighted by atomic mass is 9.96. The standard InChI is InChI=1S/C17H20INO/c1-4-19-17(13-6-5-7-14(18)11-13)15-10-12(2)8-9-16(15)20-3/h5-11,17,19H,4H2,1-3H3. The monoisotopic (exact) mass is 381 g/mol. The molecule has 0 spiro atoms. The molecule has 0 aromatic heterocycles. The van der Waals surface area contributed by atoms with Gasteiger partial charge >= 0.3 is 0 Å². The molecular formula is C17H20INO. The average Bonchev–Trinajstić information content (AvgIpc) is 2.44. The van der Waals surface area contributed by atoms with Crippen LogP contribution in [0.1, 0.15) is 29.7 Å². The van der Waals surface area contributed by atoms with Crippen molar-refractivity contribution in [1.29, 1.82) is 0 Å². The van der Waals surface area contributed by atoms with E-state index in [1.807, 2.05) is 6.07 Å². The Morgan fingerprint density at radius 1 is 1.20 bits per heavy atom. The van der Waals surface area contributed by atoms with E-state index in [1.165, 1.54) is 20.3 Å². The molecular weight excluding hydrogens is 361 g/mol. The summed E-state index contributed by atoms with van der Waals surface area (Å²) in [5.41, 5.74) is 3.70. The average molecular weight is 381 g/mol. The predicted octanol–water partition coefficient (Wildman–Crippen LogP) is 4.31. The maximum Gasteiger partial charge on any atom is 0.123 e. The number of rotatable bonds is 5. The molecule has 0 fully saturated rings. The zero-order valence-electron chi connectivity index (χ0n) is 12.1. The van der Waals surface area contributed by atoms with Crippen LogP contribution < -0.4 is 10.1 Å². The van der Waals surface area contributed by atoms with Gasteiger partial charge in [-0.2, -0.15) is 0 Å². The van der Waals surface area contributed by atoms with Crippen LogP contribution in [0.4, 0.5) is 0 Å². The number of aryl methyl sites for hydroxylation is 1. The second-order valence-electron chi connectivity index (χ2n) is 4.79. The molecule has 0 aliphatic rings. The minimum Gasteiger partial charge on any atom is -0.496 e. The van der Waals surface area contributed by atoms with E-state index in [2.05, 4.69) is 78.2 Å². The third-order valence-electron chi connectivity index (χ3n) is 3.29. The lowest BCUT2D eigenvalue weighted by Gasteiger charge is -2.22. The highest BCUT2D eigenvalue weighted by Crippen LogP contribution is 2.31. The molecule has 0 saturated carbocycles. The first-order valence-corrected chi connectivity index (χ1v) is 7.87. The first-order valence-electron chi connectivity index (χ1n) is 6.79. The Morgan fingerprint density at radius 2 is 2.00 bits per heavy atom. The SMILES string of the molecule is CCNC(c1cccc(I)c1)c1cc(C)ccc1OC. The van der Waals surface area contributed by atoms with Gasteiger partial charge in [-0.15, -0.1) is 0 Å². The third-order valence-corrected chi connectivity index (χ3v) is 3.96. The van der Waals surface area contributed by atoms with Gasteiger partial charge in [0.15, 0.2) is 0 Å². The summed E-state index contributed by atoms with van der Waals surface area (Å²) < 4.78 is 6.78. The Morgan fingerprint density at radius 3 is 2.65 bits per heavy atom. The minimum absolute atomic E-state index is 0.157. The Bertz CT molecular complexity index is 583. The Kier molecular flexibility index (Phi) is 5.43. The van der Waals surface area contributed by atoms with E-state index in [0.29, 0.717) is 0 Å². The third kappa shape index (κ3) is 3.52. The van der Waals surface area contributed by atoms with E-state index >= 15 is 0 Å². The molecule has 1 N–H and O–H groups in total. The van der Waals surface area contributed by atoms with E-state index in [4.69, 9.17) is 4.74 Å². The van der Waals surface area contributed by atoms with Crippen molar-refractivity contribution in [3.63, 3.8) is 0 Å². The summed E-state index contributed by atoms with van der Waals surface area (Å²) in [6.07, 6.45) is 0. The van der Waals surface area contributed by atoms with Gasteiger partial charge in [0.1, 0.15) is 5.75 Å². The summed E-state index contributed by atoms with van der Waals surface area (Å²) >= 11 is 2.35. The largest absolute Gasteiger partial charge is 0.496 e. The molecule has 2 aromatic rings. The van der Waals surface area contributed by atoms with Crippen molar-refractivity contribution in [1.82, 2.24) is 5.32 Å². The van der Waals surface area contributed by atoms with Gasteiger partial charge in [-0.05, 0) is 59.8 Å². The maximum atomic E-state index is 5.54. The molecule has 2 nitrogen and oxygen atoms in total. The molecule has 1 unspecified atom stereocenters. The first kappa shape index (κ1) is 15.3. The van der Waals surface area contributed by atoms with Crippen LogP contribution in [0, 0.1) is 10.5 Å². The molecule has 0 aliphatic heterocycles. The van der Waals surface area contributed by atoms with Crippen LogP contribution in [0.15, 0.2) is 42.5 Å². The van der Waals surface area contributed by atoms with Crippen molar-refractivity contribution in [3.8, 4) is 5.75 Å². The molecule has 0 aliphatic carbocycles. The van der Waals surface area contributed by atoms with Gasteiger partial charge in [0.25, 0.3) is 0 Å². The smallest absolute Gasteiger partial charge is 0.123 e. The topological polar surface area (TPSA) is 21.3 Å². The van der Waals surface area contributed by atoms with Crippen molar-refractivity contribution in [3.05, 3.63) is 62.7 Å². The quantitative estimate of drug-likeness (QED) is 0.780. The van der Waals surface area contributed by atoms with Crippen LogP contribution in [-0.2, 0) is 0 Å². The van der Waals surface area contributed by atoms with Crippen molar-refractivity contribution in [2.75, 3.05) is 13.7 Å². The Labute approximate surface area is 134 Å². The lowest BCUT2D eigenvalue weighted by Crippen LogP contribution is -2.22. The van der Waals surface area contributed by atoms with E-state index in [9.17, 15) is 0 Å². The molecule has 0 heterocycles. The highest BCUT2D eigenvalue weighted by Gasteiger charge is 2.17. The van der Waals surface area contributed by atoms with Crippen LogP contribution in [0.2, 0.25) is 0 Å². The summed E-state index contributed by atoms with van der Waals surface area (Å²) in [5.74, 6) is 0.931. The second kappa shape index (κ2) is 7.09. The number of hydrogen-bond acceptors (Lipinski definition) is 2. The summed E-state index contributed by atoms with van der Waals surface area (Å²) in [6.45, 7) is 5.15. The Hall–Kier alpha value is -1.07. The van der Waals surface area contributed by atoms with Gasteiger partial charge in [0.05, 0.1) is 13.2 Å². The fraction of sp³-hybridized carbons (Fsp3) is 0.294. The number of nitrogens with one attached hydrogen (secondary N) is 1. The molecule has 106 valence electrons. The van der Waals surface area contributed by atoms with E-state index in [-0.39, 0.29) is 6.04 Å². The summed E-state index contributed by atoms with van der Waals surface area (Å²) in [5, 5.41) is 3.56. The normalized spacial score (nSPS) is 12.2. The van der Waals surface area contributed by atoms with Gasteiger partial charge in [-0.25, -0.2) is 0 Å². The van der Waals surface area contributed by atoms with Gasteiger partial charge in [-0.3, -0.25) is 0 Å². The van der Waals surface area contributed by atoms with Crippen LogP contribution in [0.3, 0.4) is 0 Å². The van der Waals surface area contributed by atoms with Crippen LogP contribution in [0.25, 0.3) is 0 Å². The molecule has 0 amide bonds. The fourth-order valence-corrected chi connectivity index (χ4v) is 2.94. The predicted molar refractivity (Wildman–Crippen MR) is 92.4 cm³/mol. The second-order valence-corrected chi connectivity index (χ2v) is 6.04. The van der Waals surface area contributed by atoms with Gasteiger partial charge < -0.3 is 10.1 Å². The number of halogens is 1. The van der Waals surface area contributed by atoms with Crippen molar-refractivity contribution in [2.24, 2.45) is 0 Å². The first-order chi connectivity index (χ1) is 9.65. The van der Waals surface area contributed by atoms with Gasteiger partial charge in [-0.1, -0.05) is 36.8 Å². The van der Waals surface area contributed by atoms with Crippen LogP contribution in [-0.4, -0.2) is 13.7 Å². The molecule has 3 heteroatoms. The number of hydrogen-bond donors (Lipinski definition) is 1. The molecule has 0 bridgehead atoms.